The first-order valence-corrected chi connectivity index (χ1v) is 5.40. The lowest BCUT2D eigenvalue weighted by Crippen LogP contribution is -1.83. The third-order valence-corrected chi connectivity index (χ3v) is 2.65. The maximum atomic E-state index is 9.36. The first-order valence-electron chi connectivity index (χ1n) is 5.40. The highest BCUT2D eigenvalue weighted by molar-refractivity contribution is 5.62. The number of furan rings is 1. The van der Waals surface area contributed by atoms with E-state index in [4.69, 9.17) is 8.94 Å². The van der Waals surface area contributed by atoms with Crippen molar-refractivity contribution in [1.82, 2.24) is 10.1 Å². The molecule has 2 heterocycles. The molecule has 1 aromatic carbocycles. The van der Waals surface area contributed by atoms with Gasteiger partial charge in [-0.05, 0) is 36.8 Å². The minimum absolute atomic E-state index is 0.214. The van der Waals surface area contributed by atoms with Crippen molar-refractivity contribution in [2.24, 2.45) is 0 Å². The van der Waals surface area contributed by atoms with Crippen molar-refractivity contribution in [2.75, 3.05) is 0 Å². The molecule has 3 aromatic rings. The van der Waals surface area contributed by atoms with Crippen molar-refractivity contribution in [1.29, 1.82) is 0 Å². The van der Waals surface area contributed by atoms with Crippen LogP contribution in [0.15, 0.2) is 45.7 Å². The van der Waals surface area contributed by atoms with Crippen LogP contribution in [0.25, 0.3) is 22.8 Å². The number of benzene rings is 1. The Morgan fingerprint density at radius 3 is 2.83 bits per heavy atom. The van der Waals surface area contributed by atoms with Crippen molar-refractivity contribution < 1.29 is 14.0 Å². The van der Waals surface area contributed by atoms with E-state index < -0.39 is 0 Å². The van der Waals surface area contributed by atoms with Crippen molar-refractivity contribution in [2.45, 2.75) is 6.92 Å². The highest BCUT2D eigenvalue weighted by Gasteiger charge is 2.13. The summed E-state index contributed by atoms with van der Waals surface area (Å²) in [5, 5.41) is 13.3. The monoisotopic (exact) mass is 242 g/mol. The van der Waals surface area contributed by atoms with Crippen molar-refractivity contribution in [3.8, 4) is 28.6 Å². The van der Waals surface area contributed by atoms with Gasteiger partial charge in [-0.1, -0.05) is 5.16 Å². The van der Waals surface area contributed by atoms with Crippen LogP contribution in [0.5, 0.6) is 5.75 Å². The number of hydrogen-bond acceptors (Lipinski definition) is 5. The van der Waals surface area contributed by atoms with Crippen LogP contribution >= 0.6 is 0 Å². The third kappa shape index (κ3) is 1.75. The molecule has 0 saturated carbocycles. The summed E-state index contributed by atoms with van der Waals surface area (Å²) >= 11 is 0. The Bertz CT molecular complexity index is 671. The first kappa shape index (κ1) is 10.6. The smallest absolute Gasteiger partial charge is 0.258 e. The molecule has 0 atom stereocenters. The van der Waals surface area contributed by atoms with Crippen LogP contribution in [-0.4, -0.2) is 15.2 Å². The number of rotatable bonds is 2. The van der Waals surface area contributed by atoms with Gasteiger partial charge in [0.05, 0.1) is 11.8 Å². The Morgan fingerprint density at radius 1 is 1.22 bits per heavy atom. The molecule has 0 spiro atoms. The molecule has 18 heavy (non-hydrogen) atoms. The van der Waals surface area contributed by atoms with E-state index in [0.717, 1.165) is 16.7 Å². The third-order valence-electron chi connectivity index (χ3n) is 2.65. The Morgan fingerprint density at radius 2 is 2.11 bits per heavy atom. The van der Waals surface area contributed by atoms with Crippen molar-refractivity contribution in [3.05, 3.63) is 42.4 Å². The summed E-state index contributed by atoms with van der Waals surface area (Å²) in [6.45, 7) is 1.87. The molecular formula is C13H10N2O3. The molecule has 0 radical (unpaired) electrons. The maximum Gasteiger partial charge on any atom is 0.258 e. The number of hydrogen-bond donors (Lipinski definition) is 1. The number of phenols is 1. The average molecular weight is 242 g/mol. The zero-order chi connectivity index (χ0) is 12.5. The Hall–Kier alpha value is -2.56. The van der Waals surface area contributed by atoms with Crippen LogP contribution in [0.1, 0.15) is 5.56 Å². The average Bonchev–Trinajstić information content (AvgIpc) is 2.99. The summed E-state index contributed by atoms with van der Waals surface area (Å²) in [6.07, 6.45) is 3.11. The molecule has 5 nitrogen and oxygen atoms in total. The molecular weight excluding hydrogens is 232 g/mol. The Kier molecular flexibility index (Phi) is 2.37. The fourth-order valence-electron chi connectivity index (χ4n) is 1.73. The molecule has 0 unspecified atom stereocenters. The second-order valence-corrected chi connectivity index (χ2v) is 3.93. The quantitative estimate of drug-likeness (QED) is 0.747. The molecule has 0 amide bonds. The molecule has 0 aliphatic heterocycles. The van der Waals surface area contributed by atoms with E-state index in [0.29, 0.717) is 11.7 Å². The number of aromatic hydroxyl groups is 1. The number of aromatic nitrogens is 2. The van der Waals surface area contributed by atoms with Gasteiger partial charge in [-0.15, -0.1) is 0 Å². The van der Waals surface area contributed by atoms with E-state index in [9.17, 15) is 5.11 Å². The molecule has 0 fully saturated rings. The number of phenolic OH excluding ortho intramolecular Hbond substituents is 1. The van der Waals surface area contributed by atoms with Gasteiger partial charge in [0.15, 0.2) is 0 Å². The molecule has 0 aliphatic carbocycles. The largest absolute Gasteiger partial charge is 0.508 e. The van der Waals surface area contributed by atoms with Gasteiger partial charge in [0.1, 0.15) is 12.0 Å². The van der Waals surface area contributed by atoms with Crippen molar-refractivity contribution >= 4 is 0 Å². The number of nitrogens with zero attached hydrogens (tertiary/aromatic N) is 2. The predicted octanol–water partition coefficient (Wildman–Crippen LogP) is 3.01. The Balaban J connectivity index is 2.03. The van der Waals surface area contributed by atoms with Crippen LogP contribution < -0.4 is 0 Å². The van der Waals surface area contributed by atoms with E-state index in [-0.39, 0.29) is 5.75 Å². The fourth-order valence-corrected chi connectivity index (χ4v) is 1.73. The van der Waals surface area contributed by atoms with Crippen LogP contribution in [-0.2, 0) is 0 Å². The van der Waals surface area contributed by atoms with Gasteiger partial charge in [0.2, 0.25) is 5.82 Å². The van der Waals surface area contributed by atoms with Crippen LogP contribution in [0.2, 0.25) is 0 Å². The maximum absolute atomic E-state index is 9.36. The van der Waals surface area contributed by atoms with E-state index in [2.05, 4.69) is 10.1 Å². The van der Waals surface area contributed by atoms with E-state index in [1.54, 1.807) is 36.8 Å². The van der Waals surface area contributed by atoms with E-state index in [1.165, 1.54) is 0 Å². The van der Waals surface area contributed by atoms with Crippen molar-refractivity contribution in [3.63, 3.8) is 0 Å². The lowest BCUT2D eigenvalue weighted by Gasteiger charge is -2.00. The topological polar surface area (TPSA) is 72.3 Å². The highest BCUT2D eigenvalue weighted by Crippen LogP contribution is 2.27. The molecule has 5 heteroatoms. The Labute approximate surface area is 103 Å². The van der Waals surface area contributed by atoms with Crippen LogP contribution in [0, 0.1) is 6.92 Å². The lowest BCUT2D eigenvalue weighted by atomic mass is 10.1. The van der Waals surface area contributed by atoms with Gasteiger partial charge >= 0.3 is 0 Å². The first-order chi connectivity index (χ1) is 8.74. The second kappa shape index (κ2) is 4.03. The van der Waals surface area contributed by atoms with Crippen LogP contribution in [0.4, 0.5) is 0 Å². The van der Waals surface area contributed by atoms with Gasteiger partial charge in [-0.25, -0.2) is 0 Å². The minimum atomic E-state index is 0.214. The molecule has 1 N–H and O–H groups in total. The van der Waals surface area contributed by atoms with Gasteiger partial charge in [-0.3, -0.25) is 0 Å². The molecule has 0 saturated heterocycles. The zero-order valence-electron chi connectivity index (χ0n) is 9.62. The molecule has 90 valence electrons. The molecule has 2 aromatic heterocycles. The van der Waals surface area contributed by atoms with E-state index in [1.807, 2.05) is 6.92 Å². The standard InChI is InChI=1S/C13H10N2O3/c1-8-6-10(16)2-3-11(8)13-14-12(15-18-13)9-4-5-17-7-9/h2-7,16H,1H3. The molecule has 0 aliphatic rings. The fraction of sp³-hybridized carbons (Fsp3) is 0.0769. The summed E-state index contributed by atoms with van der Waals surface area (Å²) in [4.78, 5) is 4.29. The van der Waals surface area contributed by atoms with E-state index >= 15 is 0 Å². The summed E-state index contributed by atoms with van der Waals surface area (Å²) in [5.41, 5.74) is 2.44. The number of aryl methyl sites for hydroxylation is 1. The SMILES string of the molecule is Cc1cc(O)ccc1-c1nc(-c2ccoc2)no1. The summed E-state index contributed by atoms with van der Waals surface area (Å²) < 4.78 is 10.2. The summed E-state index contributed by atoms with van der Waals surface area (Å²) in [7, 11) is 0. The van der Waals surface area contributed by atoms with Gasteiger partial charge in [0, 0.05) is 5.56 Å². The predicted molar refractivity (Wildman–Crippen MR) is 63.8 cm³/mol. The van der Waals surface area contributed by atoms with Gasteiger partial charge < -0.3 is 14.0 Å². The van der Waals surface area contributed by atoms with Crippen LogP contribution in [0.3, 0.4) is 0 Å². The van der Waals surface area contributed by atoms with Gasteiger partial charge in [-0.2, -0.15) is 4.98 Å². The minimum Gasteiger partial charge on any atom is -0.508 e. The molecule has 3 rings (SSSR count). The lowest BCUT2D eigenvalue weighted by molar-refractivity contribution is 0.431. The normalized spacial score (nSPS) is 10.7. The summed E-state index contributed by atoms with van der Waals surface area (Å²) in [6, 6.07) is 6.75. The molecule has 0 bridgehead atoms. The van der Waals surface area contributed by atoms with Gasteiger partial charge in [0.25, 0.3) is 5.89 Å². The second-order valence-electron chi connectivity index (χ2n) is 3.93. The highest BCUT2D eigenvalue weighted by atomic mass is 16.5. The zero-order valence-corrected chi connectivity index (χ0v) is 9.62. The summed E-state index contributed by atoms with van der Waals surface area (Å²) in [5.74, 6) is 1.11.